The molecule has 0 saturated carbocycles. The lowest BCUT2D eigenvalue weighted by molar-refractivity contribution is 0.188. The van der Waals surface area contributed by atoms with Crippen LogP contribution < -0.4 is 15.0 Å². The van der Waals surface area contributed by atoms with Crippen molar-refractivity contribution in [2.75, 3.05) is 16.8 Å². The van der Waals surface area contributed by atoms with Gasteiger partial charge in [-0.1, -0.05) is 13.0 Å². The zero-order valence-corrected chi connectivity index (χ0v) is 13.2. The molecule has 1 unspecified atom stereocenters. The minimum Gasteiger partial charge on any atom is -0.486 e. The molecule has 2 amide bonds. The minimum atomic E-state index is -0.332. The SMILES string of the molecule is CCC1CN(C(=O)Nc2ccc(F)cc2)c2cc(C)ccc2O1. The molecule has 5 heteroatoms. The Bertz CT molecular complexity index is 715. The summed E-state index contributed by atoms with van der Waals surface area (Å²) in [4.78, 5) is 14.3. The zero-order valence-electron chi connectivity index (χ0n) is 13.2. The minimum absolute atomic E-state index is 0.0378. The van der Waals surface area contributed by atoms with Crippen LogP contribution in [0.2, 0.25) is 0 Å². The number of carbonyl (C=O) groups excluding carboxylic acids is 1. The molecular weight excluding hydrogens is 295 g/mol. The van der Waals surface area contributed by atoms with Gasteiger partial charge in [0.05, 0.1) is 12.2 Å². The number of nitrogens with one attached hydrogen (secondary N) is 1. The predicted octanol–water partition coefficient (Wildman–Crippen LogP) is 4.34. The second-order valence-electron chi connectivity index (χ2n) is 5.67. The molecule has 3 rings (SSSR count). The topological polar surface area (TPSA) is 41.6 Å². The van der Waals surface area contributed by atoms with Crippen LogP contribution >= 0.6 is 0 Å². The van der Waals surface area contributed by atoms with E-state index in [0.29, 0.717) is 18.0 Å². The van der Waals surface area contributed by atoms with Gasteiger partial charge >= 0.3 is 6.03 Å². The van der Waals surface area contributed by atoms with Crippen molar-refractivity contribution in [1.82, 2.24) is 0 Å². The molecule has 4 nitrogen and oxygen atoms in total. The summed E-state index contributed by atoms with van der Waals surface area (Å²) in [6.45, 7) is 4.49. The first-order chi connectivity index (χ1) is 11.1. The third kappa shape index (κ3) is 3.28. The van der Waals surface area contributed by atoms with Crippen LogP contribution in [-0.4, -0.2) is 18.7 Å². The molecule has 1 atom stereocenters. The molecule has 0 aliphatic carbocycles. The van der Waals surface area contributed by atoms with E-state index in [-0.39, 0.29) is 18.0 Å². The van der Waals surface area contributed by atoms with Gasteiger partial charge in [-0.15, -0.1) is 0 Å². The predicted molar refractivity (Wildman–Crippen MR) is 88.7 cm³/mol. The molecule has 0 fully saturated rings. The first-order valence-electron chi connectivity index (χ1n) is 7.68. The Labute approximate surface area is 134 Å². The molecular formula is C18H19FN2O2. The highest BCUT2D eigenvalue weighted by atomic mass is 19.1. The van der Waals surface area contributed by atoms with Crippen molar-refractivity contribution in [3.05, 3.63) is 53.8 Å². The summed E-state index contributed by atoms with van der Waals surface area (Å²) < 4.78 is 18.9. The maximum Gasteiger partial charge on any atom is 0.326 e. The Morgan fingerprint density at radius 3 is 2.74 bits per heavy atom. The van der Waals surface area contributed by atoms with Gasteiger partial charge in [0, 0.05) is 5.69 Å². The van der Waals surface area contributed by atoms with Gasteiger partial charge in [0.1, 0.15) is 17.7 Å². The number of hydrogen-bond donors (Lipinski definition) is 1. The number of urea groups is 1. The Hall–Kier alpha value is -2.56. The van der Waals surface area contributed by atoms with Crippen molar-refractivity contribution in [3.8, 4) is 5.75 Å². The van der Waals surface area contributed by atoms with Gasteiger partial charge in [-0.2, -0.15) is 0 Å². The number of halogens is 1. The summed E-state index contributed by atoms with van der Waals surface area (Å²) in [6.07, 6.45) is 0.775. The average molecular weight is 314 g/mol. The first kappa shape index (κ1) is 15.3. The van der Waals surface area contributed by atoms with Crippen molar-refractivity contribution in [2.45, 2.75) is 26.4 Å². The van der Waals surface area contributed by atoms with Crippen molar-refractivity contribution in [1.29, 1.82) is 0 Å². The molecule has 0 aromatic heterocycles. The average Bonchev–Trinajstić information content (AvgIpc) is 2.56. The number of amides is 2. The summed E-state index contributed by atoms with van der Waals surface area (Å²) in [7, 11) is 0. The van der Waals surface area contributed by atoms with Gasteiger partial charge in [-0.05, 0) is 55.3 Å². The lowest BCUT2D eigenvalue weighted by Gasteiger charge is -2.34. The molecule has 2 aromatic rings. The van der Waals surface area contributed by atoms with Crippen LogP contribution in [0.1, 0.15) is 18.9 Å². The smallest absolute Gasteiger partial charge is 0.326 e. The summed E-state index contributed by atoms with van der Waals surface area (Å²) in [6, 6.07) is 11.3. The van der Waals surface area contributed by atoms with Gasteiger partial charge in [0.25, 0.3) is 0 Å². The number of hydrogen-bond acceptors (Lipinski definition) is 2. The van der Waals surface area contributed by atoms with Crippen LogP contribution in [0.3, 0.4) is 0 Å². The summed E-state index contributed by atoms with van der Waals surface area (Å²) in [5.41, 5.74) is 2.38. The highest BCUT2D eigenvalue weighted by Crippen LogP contribution is 2.35. The molecule has 0 saturated heterocycles. The van der Waals surface area contributed by atoms with Gasteiger partial charge in [-0.3, -0.25) is 4.90 Å². The number of fused-ring (bicyclic) bond motifs is 1. The summed E-state index contributed by atoms with van der Waals surface area (Å²) in [5, 5.41) is 2.81. The van der Waals surface area contributed by atoms with E-state index in [4.69, 9.17) is 4.74 Å². The molecule has 1 N–H and O–H groups in total. The molecule has 0 bridgehead atoms. The monoisotopic (exact) mass is 314 g/mol. The lowest BCUT2D eigenvalue weighted by atomic mass is 10.1. The van der Waals surface area contributed by atoms with Gasteiger partial charge in [-0.25, -0.2) is 9.18 Å². The number of aryl methyl sites for hydroxylation is 1. The third-order valence-corrected chi connectivity index (χ3v) is 3.88. The maximum absolute atomic E-state index is 13.0. The van der Waals surface area contributed by atoms with E-state index >= 15 is 0 Å². The van der Waals surface area contributed by atoms with Crippen LogP contribution in [0.4, 0.5) is 20.6 Å². The standard InChI is InChI=1S/C18H19FN2O2/c1-3-15-11-21(16-10-12(2)4-9-17(16)23-15)18(22)20-14-7-5-13(19)6-8-14/h4-10,15H,3,11H2,1-2H3,(H,20,22). The normalized spacial score (nSPS) is 16.5. The van der Waals surface area contributed by atoms with Gasteiger partial charge in [0.15, 0.2) is 0 Å². The lowest BCUT2D eigenvalue weighted by Crippen LogP contribution is -2.45. The van der Waals surface area contributed by atoms with E-state index in [2.05, 4.69) is 5.32 Å². The second-order valence-corrected chi connectivity index (χ2v) is 5.67. The number of nitrogens with zero attached hydrogens (tertiary/aromatic N) is 1. The number of carbonyl (C=O) groups is 1. The van der Waals surface area contributed by atoms with Crippen molar-refractivity contribution >= 4 is 17.4 Å². The van der Waals surface area contributed by atoms with Crippen LogP contribution in [-0.2, 0) is 0 Å². The highest BCUT2D eigenvalue weighted by molar-refractivity contribution is 6.03. The first-order valence-corrected chi connectivity index (χ1v) is 7.68. The third-order valence-electron chi connectivity index (χ3n) is 3.88. The van der Waals surface area contributed by atoms with Crippen molar-refractivity contribution in [3.63, 3.8) is 0 Å². The molecule has 120 valence electrons. The molecule has 23 heavy (non-hydrogen) atoms. The van der Waals surface area contributed by atoms with E-state index in [1.54, 1.807) is 17.0 Å². The van der Waals surface area contributed by atoms with Gasteiger partial charge < -0.3 is 10.1 Å². The van der Waals surface area contributed by atoms with E-state index in [0.717, 1.165) is 17.7 Å². The van der Waals surface area contributed by atoms with Crippen molar-refractivity contribution in [2.24, 2.45) is 0 Å². The maximum atomic E-state index is 13.0. The van der Waals surface area contributed by atoms with Crippen LogP contribution in [0.15, 0.2) is 42.5 Å². The molecule has 2 aromatic carbocycles. The van der Waals surface area contributed by atoms with Crippen LogP contribution in [0, 0.1) is 12.7 Å². The van der Waals surface area contributed by atoms with E-state index in [1.807, 2.05) is 32.0 Å². The number of benzene rings is 2. The Morgan fingerprint density at radius 1 is 1.30 bits per heavy atom. The fourth-order valence-electron chi connectivity index (χ4n) is 2.59. The van der Waals surface area contributed by atoms with Crippen LogP contribution in [0.5, 0.6) is 5.75 Å². The molecule has 0 spiro atoms. The van der Waals surface area contributed by atoms with E-state index in [1.165, 1.54) is 12.1 Å². The molecule has 1 aliphatic heterocycles. The highest BCUT2D eigenvalue weighted by Gasteiger charge is 2.29. The number of anilines is 2. The zero-order chi connectivity index (χ0) is 16.4. The second kappa shape index (κ2) is 6.28. The van der Waals surface area contributed by atoms with E-state index < -0.39 is 0 Å². The quantitative estimate of drug-likeness (QED) is 0.895. The number of rotatable bonds is 2. The molecule has 1 aliphatic rings. The fraction of sp³-hybridized carbons (Fsp3) is 0.278. The Kier molecular flexibility index (Phi) is 4.19. The van der Waals surface area contributed by atoms with E-state index in [9.17, 15) is 9.18 Å². The van der Waals surface area contributed by atoms with Crippen LogP contribution in [0.25, 0.3) is 0 Å². The van der Waals surface area contributed by atoms with Gasteiger partial charge in [0.2, 0.25) is 0 Å². The summed E-state index contributed by atoms with van der Waals surface area (Å²) >= 11 is 0. The summed E-state index contributed by atoms with van der Waals surface area (Å²) in [5.74, 6) is 0.379. The largest absolute Gasteiger partial charge is 0.486 e. The molecule has 0 radical (unpaired) electrons. The fourth-order valence-corrected chi connectivity index (χ4v) is 2.59. The molecule has 1 heterocycles. The Balaban J connectivity index is 1.87. The van der Waals surface area contributed by atoms with Crippen molar-refractivity contribution < 1.29 is 13.9 Å². The Morgan fingerprint density at radius 2 is 2.04 bits per heavy atom. The number of ether oxygens (including phenoxy) is 1.